The molecule has 94 valence electrons. The highest BCUT2D eigenvalue weighted by Gasteiger charge is 2.20. The second kappa shape index (κ2) is 4.92. The molecule has 0 heterocycles. The molecule has 0 radical (unpaired) electrons. The molecule has 0 aliphatic heterocycles. The summed E-state index contributed by atoms with van der Waals surface area (Å²) in [7, 11) is 0. The summed E-state index contributed by atoms with van der Waals surface area (Å²) in [6.45, 7) is 11.9. The van der Waals surface area contributed by atoms with E-state index in [0.29, 0.717) is 12.2 Å². The van der Waals surface area contributed by atoms with Crippen molar-refractivity contribution in [1.29, 1.82) is 0 Å². The molecule has 0 fully saturated rings. The van der Waals surface area contributed by atoms with Crippen LogP contribution in [0.25, 0.3) is 0 Å². The monoisotopic (exact) mass is 234 g/mol. The van der Waals surface area contributed by atoms with E-state index in [-0.39, 0.29) is 12.0 Å². The third-order valence-electron chi connectivity index (χ3n) is 2.85. The highest BCUT2D eigenvalue weighted by Crippen LogP contribution is 2.34. The molecule has 0 amide bonds. The van der Waals surface area contributed by atoms with Crippen LogP contribution in [0.5, 0.6) is 5.75 Å². The maximum absolute atomic E-state index is 10.1. The molecule has 17 heavy (non-hydrogen) atoms. The van der Waals surface area contributed by atoms with Crippen molar-refractivity contribution in [2.24, 2.45) is 0 Å². The second-order valence-corrected chi connectivity index (χ2v) is 5.64. The average molecular weight is 234 g/mol. The molecule has 1 rings (SSSR count). The Bertz CT molecular complexity index is 425. The van der Waals surface area contributed by atoms with E-state index < -0.39 is 0 Å². The smallest absolute Gasteiger partial charge is 0.122 e. The number of phenolic OH excluding ortho intramolecular Hbond substituents is 1. The van der Waals surface area contributed by atoms with E-state index in [1.165, 1.54) is 0 Å². The average Bonchev–Trinajstić information content (AvgIpc) is 2.21. The lowest BCUT2D eigenvalue weighted by Crippen LogP contribution is -2.12. The fourth-order valence-electron chi connectivity index (χ4n) is 1.87. The van der Waals surface area contributed by atoms with E-state index in [1.807, 2.05) is 19.1 Å². The molecule has 0 saturated heterocycles. The zero-order valence-electron chi connectivity index (χ0n) is 11.2. The molecule has 0 aromatic heterocycles. The fourth-order valence-corrected chi connectivity index (χ4v) is 1.87. The van der Waals surface area contributed by atoms with Crippen LogP contribution in [0, 0.1) is 6.92 Å². The highest BCUT2D eigenvalue weighted by atomic mass is 16.3. The molecular weight excluding hydrogens is 212 g/mol. The third kappa shape index (κ3) is 3.34. The van der Waals surface area contributed by atoms with Gasteiger partial charge in [0.1, 0.15) is 5.75 Å². The summed E-state index contributed by atoms with van der Waals surface area (Å²) in [6, 6.07) is 3.95. The van der Waals surface area contributed by atoms with Crippen molar-refractivity contribution >= 4 is 0 Å². The highest BCUT2D eigenvalue weighted by molar-refractivity contribution is 5.47. The predicted molar refractivity (Wildman–Crippen MR) is 71.5 cm³/mol. The first-order chi connectivity index (χ1) is 7.75. The quantitative estimate of drug-likeness (QED) is 0.789. The van der Waals surface area contributed by atoms with Gasteiger partial charge >= 0.3 is 0 Å². The minimum Gasteiger partial charge on any atom is -0.507 e. The second-order valence-electron chi connectivity index (χ2n) is 5.64. The van der Waals surface area contributed by atoms with Crippen molar-refractivity contribution < 1.29 is 10.2 Å². The van der Waals surface area contributed by atoms with Gasteiger partial charge in [0.25, 0.3) is 0 Å². The van der Waals surface area contributed by atoms with Gasteiger partial charge in [0, 0.05) is 0 Å². The lowest BCUT2D eigenvalue weighted by molar-refractivity contribution is 0.329. The molecule has 0 atom stereocenters. The van der Waals surface area contributed by atoms with E-state index in [4.69, 9.17) is 5.11 Å². The van der Waals surface area contributed by atoms with E-state index >= 15 is 0 Å². The first-order valence-electron chi connectivity index (χ1n) is 5.86. The first kappa shape index (κ1) is 13.8. The minimum atomic E-state index is -0.0919. The van der Waals surface area contributed by atoms with Crippen LogP contribution in [0.3, 0.4) is 0 Å². The van der Waals surface area contributed by atoms with E-state index in [2.05, 4.69) is 27.4 Å². The number of aryl methyl sites for hydroxylation is 1. The minimum absolute atomic E-state index is 0.00474. The van der Waals surface area contributed by atoms with Crippen molar-refractivity contribution in [2.75, 3.05) is 6.61 Å². The fraction of sp³-hybridized carbons (Fsp3) is 0.467. The number of aliphatic hydroxyl groups is 1. The zero-order chi connectivity index (χ0) is 13.2. The Morgan fingerprint density at radius 2 is 1.88 bits per heavy atom. The van der Waals surface area contributed by atoms with Gasteiger partial charge in [0.15, 0.2) is 0 Å². The van der Waals surface area contributed by atoms with Crippen LogP contribution in [0.1, 0.15) is 37.5 Å². The molecule has 2 N–H and O–H groups in total. The summed E-state index contributed by atoms with van der Waals surface area (Å²) >= 11 is 0. The lowest BCUT2D eigenvalue weighted by atomic mass is 9.83. The Labute approximate surface area is 104 Å². The van der Waals surface area contributed by atoms with Gasteiger partial charge < -0.3 is 10.2 Å². The molecule has 0 saturated carbocycles. The number of hydrogen-bond donors (Lipinski definition) is 2. The molecule has 2 heteroatoms. The Balaban J connectivity index is 3.20. The summed E-state index contributed by atoms with van der Waals surface area (Å²) in [5.41, 5.74) is 3.60. The number of aliphatic hydroxyl groups excluding tert-OH is 1. The molecular formula is C15H22O2. The topological polar surface area (TPSA) is 40.5 Å². The van der Waals surface area contributed by atoms with Crippen molar-refractivity contribution in [3.8, 4) is 5.75 Å². The summed E-state index contributed by atoms with van der Waals surface area (Å²) in [6.07, 6.45) is 0.653. The number of benzene rings is 1. The molecule has 0 unspecified atom stereocenters. The van der Waals surface area contributed by atoms with Gasteiger partial charge in [0.05, 0.1) is 6.61 Å². The normalized spacial score (nSPS) is 11.6. The summed E-state index contributed by atoms with van der Waals surface area (Å²) in [5, 5.41) is 19.1. The van der Waals surface area contributed by atoms with Crippen LogP contribution in [-0.4, -0.2) is 16.8 Å². The standard InChI is InChI=1S/C15H22O2/c1-10(9-16)6-12-7-11(2)14(17)13(8-12)15(3,4)5/h7-8,16-17H,1,6,9H2,2-5H3. The Morgan fingerprint density at radius 3 is 2.35 bits per heavy atom. The maximum atomic E-state index is 10.1. The van der Waals surface area contributed by atoms with Crippen molar-refractivity contribution in [1.82, 2.24) is 0 Å². The van der Waals surface area contributed by atoms with Crippen LogP contribution in [0.15, 0.2) is 24.3 Å². The third-order valence-corrected chi connectivity index (χ3v) is 2.85. The molecule has 0 bridgehead atoms. The molecule has 0 spiro atoms. The van der Waals surface area contributed by atoms with Crippen molar-refractivity contribution in [3.63, 3.8) is 0 Å². The Kier molecular flexibility index (Phi) is 3.99. The maximum Gasteiger partial charge on any atom is 0.122 e. The van der Waals surface area contributed by atoms with E-state index in [1.54, 1.807) is 0 Å². The predicted octanol–water partition coefficient (Wildman–Crippen LogP) is 3.09. The SMILES string of the molecule is C=C(CO)Cc1cc(C)c(O)c(C(C)(C)C)c1. The summed E-state index contributed by atoms with van der Waals surface area (Å²) < 4.78 is 0. The van der Waals surface area contributed by atoms with E-state index in [0.717, 1.165) is 22.3 Å². The van der Waals surface area contributed by atoms with Gasteiger partial charge in [-0.25, -0.2) is 0 Å². The Hall–Kier alpha value is -1.28. The number of aromatic hydroxyl groups is 1. The summed E-state index contributed by atoms with van der Waals surface area (Å²) in [5.74, 6) is 0.371. The zero-order valence-corrected chi connectivity index (χ0v) is 11.2. The van der Waals surface area contributed by atoms with Gasteiger partial charge in [-0.15, -0.1) is 0 Å². The molecule has 1 aromatic carbocycles. The van der Waals surface area contributed by atoms with Crippen LogP contribution >= 0.6 is 0 Å². The molecule has 0 aliphatic carbocycles. The van der Waals surface area contributed by atoms with Crippen LogP contribution in [0.2, 0.25) is 0 Å². The van der Waals surface area contributed by atoms with Gasteiger partial charge in [-0.3, -0.25) is 0 Å². The van der Waals surface area contributed by atoms with Gasteiger partial charge in [-0.05, 0) is 41.0 Å². The molecule has 2 nitrogen and oxygen atoms in total. The van der Waals surface area contributed by atoms with Gasteiger partial charge in [-0.2, -0.15) is 0 Å². The Morgan fingerprint density at radius 1 is 1.29 bits per heavy atom. The lowest BCUT2D eigenvalue weighted by Gasteiger charge is -2.22. The number of hydrogen-bond acceptors (Lipinski definition) is 2. The number of rotatable bonds is 3. The first-order valence-corrected chi connectivity index (χ1v) is 5.86. The largest absolute Gasteiger partial charge is 0.507 e. The molecule has 1 aromatic rings. The summed E-state index contributed by atoms with van der Waals surface area (Å²) in [4.78, 5) is 0. The van der Waals surface area contributed by atoms with Crippen molar-refractivity contribution in [3.05, 3.63) is 41.0 Å². The van der Waals surface area contributed by atoms with Gasteiger partial charge in [0.2, 0.25) is 0 Å². The van der Waals surface area contributed by atoms with E-state index in [9.17, 15) is 5.11 Å². The van der Waals surface area contributed by atoms with Crippen molar-refractivity contribution in [2.45, 2.75) is 39.5 Å². The van der Waals surface area contributed by atoms with Crippen LogP contribution in [0.4, 0.5) is 0 Å². The van der Waals surface area contributed by atoms with Crippen LogP contribution in [-0.2, 0) is 11.8 Å². The van der Waals surface area contributed by atoms with Crippen LogP contribution < -0.4 is 0 Å². The number of phenols is 1. The molecule has 0 aliphatic rings. The van der Waals surface area contributed by atoms with Gasteiger partial charge in [-0.1, -0.05) is 39.5 Å².